The van der Waals surface area contributed by atoms with Crippen LogP contribution in [-0.4, -0.2) is 5.04 Å². The molecule has 20 heavy (non-hydrogen) atoms. The molecule has 0 spiro atoms. The first-order valence-corrected chi connectivity index (χ1v) is 8.09. The van der Waals surface area contributed by atoms with Crippen LogP contribution in [0.4, 0.5) is 0 Å². The minimum atomic E-state index is -0.176. The molecule has 0 bridgehead atoms. The van der Waals surface area contributed by atoms with Gasteiger partial charge in [0, 0.05) is 10.9 Å². The fraction of sp³-hybridized carbons (Fsp3) is 0.188. The molecule has 1 aliphatic heterocycles. The van der Waals surface area contributed by atoms with Crippen molar-refractivity contribution < 1.29 is 0 Å². The summed E-state index contributed by atoms with van der Waals surface area (Å²) in [5.41, 5.74) is 5.80. The molecule has 0 aromatic heterocycles. The molecule has 2 aromatic rings. The Labute approximate surface area is 131 Å². The van der Waals surface area contributed by atoms with Gasteiger partial charge in [-0.05, 0) is 30.2 Å². The molecule has 0 unspecified atom stereocenters. The van der Waals surface area contributed by atoms with Crippen LogP contribution in [0.3, 0.4) is 0 Å². The van der Waals surface area contributed by atoms with Gasteiger partial charge < -0.3 is 0 Å². The van der Waals surface area contributed by atoms with Crippen LogP contribution in [0, 0.1) is 0 Å². The van der Waals surface area contributed by atoms with Crippen molar-refractivity contribution in [2.75, 3.05) is 0 Å². The third kappa shape index (κ3) is 2.91. The molecule has 0 radical (unpaired) electrons. The minimum Gasteiger partial charge on any atom is -0.289 e. The molecule has 0 saturated carbocycles. The highest BCUT2D eigenvalue weighted by Crippen LogP contribution is 2.39. The first kappa shape index (κ1) is 13.7. The number of rotatable bonds is 3. The summed E-state index contributed by atoms with van der Waals surface area (Å²) in [6.45, 7) is 2.17. The van der Waals surface area contributed by atoms with Crippen molar-refractivity contribution in [3.63, 3.8) is 0 Å². The molecule has 102 valence electrons. The van der Waals surface area contributed by atoms with Crippen LogP contribution in [0.1, 0.15) is 18.1 Å². The third-order valence-electron chi connectivity index (χ3n) is 3.31. The smallest absolute Gasteiger partial charge is 0.128 e. The lowest BCUT2D eigenvalue weighted by Crippen LogP contribution is -2.28. The van der Waals surface area contributed by atoms with E-state index >= 15 is 0 Å². The Morgan fingerprint density at radius 3 is 2.50 bits per heavy atom. The molecule has 0 aliphatic carbocycles. The lowest BCUT2D eigenvalue weighted by Gasteiger charge is -2.23. The topological polar surface area (TPSA) is 24.4 Å². The second kappa shape index (κ2) is 5.62. The molecule has 1 aliphatic rings. The van der Waals surface area contributed by atoms with Crippen molar-refractivity contribution in [2.24, 2.45) is 5.10 Å². The van der Waals surface area contributed by atoms with Gasteiger partial charge in [0.2, 0.25) is 0 Å². The maximum absolute atomic E-state index is 4.50. The maximum atomic E-state index is 4.50. The summed E-state index contributed by atoms with van der Waals surface area (Å²) in [7, 11) is 0. The number of nitrogens with zero attached hydrogens (tertiary/aromatic N) is 1. The molecule has 2 aromatic carbocycles. The predicted octanol–water partition coefficient (Wildman–Crippen LogP) is 4.51. The molecule has 3 rings (SSSR count). The van der Waals surface area contributed by atoms with Gasteiger partial charge in [-0.1, -0.05) is 70.2 Å². The van der Waals surface area contributed by atoms with Gasteiger partial charge in [-0.15, -0.1) is 0 Å². The molecule has 4 heteroatoms. The van der Waals surface area contributed by atoms with Gasteiger partial charge in [0.25, 0.3) is 0 Å². The zero-order chi connectivity index (χ0) is 14.0. The molecular weight excluding hydrogens is 332 g/mol. The van der Waals surface area contributed by atoms with Crippen LogP contribution in [0.2, 0.25) is 0 Å². The molecule has 1 N–H and O–H groups in total. The van der Waals surface area contributed by atoms with Crippen molar-refractivity contribution in [3.05, 3.63) is 70.2 Å². The zero-order valence-corrected chi connectivity index (χ0v) is 13.5. The number of nitrogens with one attached hydrogen (secondary N) is 1. The second-order valence-corrected chi connectivity index (χ2v) is 7.33. The molecule has 0 saturated heterocycles. The zero-order valence-electron chi connectivity index (χ0n) is 11.1. The van der Waals surface area contributed by atoms with Crippen molar-refractivity contribution in [1.29, 1.82) is 0 Å². The van der Waals surface area contributed by atoms with E-state index in [0.29, 0.717) is 0 Å². The van der Waals surface area contributed by atoms with Crippen LogP contribution >= 0.6 is 27.7 Å². The minimum absolute atomic E-state index is 0.176. The van der Waals surface area contributed by atoms with Gasteiger partial charge in [0.05, 0.1) is 0 Å². The lowest BCUT2D eigenvalue weighted by atomic mass is 10.1. The van der Waals surface area contributed by atoms with Crippen LogP contribution < -0.4 is 5.43 Å². The summed E-state index contributed by atoms with van der Waals surface area (Å²) in [5.74, 6) is 0. The van der Waals surface area contributed by atoms with E-state index in [1.807, 2.05) is 6.07 Å². The Morgan fingerprint density at radius 2 is 1.80 bits per heavy atom. The van der Waals surface area contributed by atoms with Gasteiger partial charge >= 0.3 is 0 Å². The Balaban J connectivity index is 1.73. The number of hydrogen-bond acceptors (Lipinski definition) is 3. The average Bonchev–Trinajstić information content (AvgIpc) is 2.83. The maximum Gasteiger partial charge on any atom is 0.128 e. The normalized spacial score (nSPS) is 21.4. The van der Waals surface area contributed by atoms with E-state index in [1.54, 1.807) is 11.8 Å². The Hall–Kier alpha value is -1.26. The van der Waals surface area contributed by atoms with Crippen LogP contribution in [0.25, 0.3) is 0 Å². The van der Waals surface area contributed by atoms with Gasteiger partial charge in [-0.3, -0.25) is 5.43 Å². The van der Waals surface area contributed by atoms with Gasteiger partial charge in [0.15, 0.2) is 0 Å². The Morgan fingerprint density at radius 1 is 1.10 bits per heavy atom. The summed E-state index contributed by atoms with van der Waals surface area (Å²) in [6.07, 6.45) is 0.880. The molecule has 2 nitrogen and oxygen atoms in total. The summed E-state index contributed by atoms with van der Waals surface area (Å²) in [6, 6.07) is 18.8. The summed E-state index contributed by atoms with van der Waals surface area (Å²) < 4.78 is 1.10. The van der Waals surface area contributed by atoms with Crippen molar-refractivity contribution >= 4 is 32.7 Å². The monoisotopic (exact) mass is 346 g/mol. The van der Waals surface area contributed by atoms with E-state index in [2.05, 4.69) is 81.9 Å². The Bertz CT molecular complexity index is 625. The van der Waals surface area contributed by atoms with Crippen molar-refractivity contribution in [2.45, 2.75) is 18.2 Å². The summed E-state index contributed by atoms with van der Waals surface area (Å²) >= 11 is 5.26. The summed E-state index contributed by atoms with van der Waals surface area (Å²) in [5, 5.41) is 5.63. The summed E-state index contributed by atoms with van der Waals surface area (Å²) in [4.78, 5) is -0.176. The largest absolute Gasteiger partial charge is 0.289 e. The third-order valence-corrected chi connectivity index (χ3v) is 5.04. The van der Waals surface area contributed by atoms with Crippen molar-refractivity contribution in [1.82, 2.24) is 5.43 Å². The molecule has 0 fully saturated rings. The number of hydrazone groups is 1. The number of thioether (sulfide) groups is 1. The highest BCUT2D eigenvalue weighted by atomic mass is 79.9. The molecule has 1 heterocycles. The molecular formula is C16H15BrN2S. The van der Waals surface area contributed by atoms with E-state index in [-0.39, 0.29) is 4.87 Å². The van der Waals surface area contributed by atoms with Gasteiger partial charge in [-0.25, -0.2) is 0 Å². The highest BCUT2D eigenvalue weighted by Gasteiger charge is 2.33. The van der Waals surface area contributed by atoms with Crippen LogP contribution in [0.5, 0.6) is 0 Å². The number of hydrogen-bond donors (Lipinski definition) is 1. The van der Waals surface area contributed by atoms with Crippen molar-refractivity contribution in [3.8, 4) is 0 Å². The molecule has 1 atom stereocenters. The van der Waals surface area contributed by atoms with Crippen LogP contribution in [0.15, 0.2) is 64.2 Å². The molecule has 0 amide bonds. The lowest BCUT2D eigenvalue weighted by molar-refractivity contribution is 0.562. The number of benzene rings is 2. The quantitative estimate of drug-likeness (QED) is 0.883. The second-order valence-electron chi connectivity index (χ2n) is 4.92. The van der Waals surface area contributed by atoms with E-state index in [1.165, 1.54) is 11.1 Å². The first-order valence-electron chi connectivity index (χ1n) is 6.48. The van der Waals surface area contributed by atoms with E-state index < -0.39 is 0 Å². The fourth-order valence-corrected chi connectivity index (χ4v) is 3.60. The van der Waals surface area contributed by atoms with E-state index in [4.69, 9.17) is 0 Å². The van der Waals surface area contributed by atoms with Gasteiger partial charge in [-0.2, -0.15) is 5.10 Å². The fourth-order valence-electron chi connectivity index (χ4n) is 2.19. The van der Waals surface area contributed by atoms with E-state index in [0.717, 1.165) is 15.9 Å². The first-order chi connectivity index (χ1) is 9.66. The van der Waals surface area contributed by atoms with E-state index in [9.17, 15) is 0 Å². The van der Waals surface area contributed by atoms with Gasteiger partial charge in [0.1, 0.15) is 9.91 Å². The average molecular weight is 347 g/mol. The highest BCUT2D eigenvalue weighted by molar-refractivity contribution is 9.10. The van der Waals surface area contributed by atoms with Crippen LogP contribution in [-0.2, 0) is 11.3 Å². The standard InChI is InChI=1S/C16H15BrN2S/c1-16(13-7-9-14(17)10-8-13)19-18-15(20-16)11-12-5-3-2-4-6-12/h2-10,19H,11H2,1H3/t16-/m0/s1. The SMILES string of the molecule is C[C@]1(c2ccc(Br)cc2)NN=C(Cc2ccccc2)S1. The number of halogens is 1. The predicted molar refractivity (Wildman–Crippen MR) is 89.8 cm³/mol. The Kier molecular flexibility index (Phi) is 3.85.